The van der Waals surface area contributed by atoms with Gasteiger partial charge in [0.2, 0.25) is 0 Å². The van der Waals surface area contributed by atoms with E-state index in [0.717, 1.165) is 109 Å². The Labute approximate surface area is 812 Å². The van der Waals surface area contributed by atoms with Gasteiger partial charge in [-0.05, 0) is 416 Å². The molecule has 8 nitrogen and oxygen atoms in total. The lowest BCUT2D eigenvalue weighted by Gasteiger charge is -2.40. The predicted octanol–water partition coefficient (Wildman–Crippen LogP) is 30.0. The van der Waals surface area contributed by atoms with E-state index in [1.807, 2.05) is 31.0 Å². The van der Waals surface area contributed by atoms with E-state index in [2.05, 4.69) is 339 Å². The lowest BCUT2D eigenvalue weighted by molar-refractivity contribution is 0.971. The number of hydrogen-bond acceptors (Lipinski definition) is 8. The lowest BCUT2D eigenvalue weighted by atomic mass is 9.84. The quantitative estimate of drug-likeness (QED) is 0.149. The molecule has 0 radical (unpaired) electrons. The Morgan fingerprint density at radius 3 is 0.893 bits per heavy atom. The highest BCUT2D eigenvalue weighted by atomic mass is 15.2. The minimum absolute atomic E-state index is 0.908. The van der Waals surface area contributed by atoms with E-state index >= 15 is 0 Å². The van der Waals surface area contributed by atoms with Crippen molar-refractivity contribution in [2.75, 3.05) is 19.6 Å². The Hall–Kier alpha value is -16.7. The fourth-order valence-electron chi connectivity index (χ4n) is 28.4. The van der Waals surface area contributed by atoms with Gasteiger partial charge >= 0.3 is 0 Å². The van der Waals surface area contributed by atoms with E-state index in [0.29, 0.717) is 0 Å². The van der Waals surface area contributed by atoms with Gasteiger partial charge in [-0.15, -0.1) is 0 Å². The maximum Gasteiger partial charge on any atom is 0.141 e. The summed E-state index contributed by atoms with van der Waals surface area (Å²) in [6.07, 6.45) is 27.9. The molecule has 8 aliphatic carbocycles. The molecular formula is C132H88N8. The van der Waals surface area contributed by atoms with Crippen LogP contribution in [0.25, 0.3) is 89.0 Å². The summed E-state index contributed by atoms with van der Waals surface area (Å²) in [6.45, 7) is 0. The maximum absolute atomic E-state index is 4.88. The first-order valence-corrected chi connectivity index (χ1v) is 50.3. The Bertz CT molecular complexity index is 8090. The molecule has 0 bridgehead atoms. The first-order chi connectivity index (χ1) is 69.3. The predicted molar refractivity (Wildman–Crippen MR) is 564 cm³/mol. The summed E-state index contributed by atoms with van der Waals surface area (Å²) in [7, 11) is 0. The highest BCUT2D eigenvalue weighted by Gasteiger charge is 2.44. The molecule has 0 saturated heterocycles. The van der Waals surface area contributed by atoms with Crippen molar-refractivity contribution < 1.29 is 0 Å². The molecule has 4 aromatic heterocycles. The summed E-state index contributed by atoms with van der Waals surface area (Å²) in [6, 6.07) is 115. The minimum Gasteiger partial charge on any atom is -0.309 e. The first kappa shape index (κ1) is 76.5. The minimum atomic E-state index is 0.908. The van der Waals surface area contributed by atoms with Crippen LogP contribution in [0.3, 0.4) is 0 Å². The van der Waals surface area contributed by atoms with E-state index < -0.39 is 0 Å². The number of aromatic nitrogens is 4. The van der Waals surface area contributed by atoms with Crippen LogP contribution < -0.4 is 19.6 Å². The lowest BCUT2D eigenvalue weighted by Crippen LogP contribution is -2.26. The van der Waals surface area contributed by atoms with Crippen LogP contribution in [0.15, 0.2) is 340 Å². The van der Waals surface area contributed by atoms with Gasteiger partial charge in [0.15, 0.2) is 0 Å². The third-order valence-corrected chi connectivity index (χ3v) is 34.2. The molecule has 0 fully saturated rings. The molecule has 12 heterocycles. The van der Waals surface area contributed by atoms with Crippen molar-refractivity contribution in [1.29, 1.82) is 0 Å². The molecule has 0 unspecified atom stereocenters. The molecule has 0 spiro atoms. The molecule has 8 heteroatoms. The van der Waals surface area contributed by atoms with Crippen LogP contribution in [0.2, 0.25) is 0 Å². The van der Waals surface area contributed by atoms with Crippen molar-refractivity contribution in [2.45, 2.75) is 103 Å². The third-order valence-electron chi connectivity index (χ3n) is 34.2. The summed E-state index contributed by atoms with van der Waals surface area (Å²) in [4.78, 5) is 28.6. The van der Waals surface area contributed by atoms with Gasteiger partial charge in [0.05, 0.1) is 74.5 Å². The van der Waals surface area contributed by atoms with Crippen molar-refractivity contribution in [3.05, 3.63) is 519 Å². The summed E-state index contributed by atoms with van der Waals surface area (Å²) < 4.78 is 0. The zero-order valence-corrected chi connectivity index (χ0v) is 77.2. The van der Waals surface area contributed by atoms with E-state index in [4.69, 9.17) is 9.97 Å². The van der Waals surface area contributed by atoms with E-state index in [-0.39, 0.29) is 0 Å². The normalized spacial score (nSPS) is 14.9. The van der Waals surface area contributed by atoms with Gasteiger partial charge in [-0.25, -0.2) is 4.98 Å². The molecule has 0 saturated carbocycles. The number of hydrogen-bond donors (Lipinski definition) is 0. The Morgan fingerprint density at radius 1 is 0.157 bits per heavy atom. The van der Waals surface area contributed by atoms with Crippen LogP contribution in [0, 0.1) is 0 Å². The Balaban J connectivity index is 0.0000000829. The zero-order chi connectivity index (χ0) is 90.7. The number of benzene rings is 16. The van der Waals surface area contributed by atoms with Crippen molar-refractivity contribution in [1.82, 2.24) is 19.9 Å². The van der Waals surface area contributed by atoms with Crippen LogP contribution in [-0.4, -0.2) is 19.9 Å². The highest BCUT2D eigenvalue weighted by molar-refractivity contribution is 6.02. The summed E-state index contributed by atoms with van der Waals surface area (Å²) >= 11 is 0. The summed E-state index contributed by atoms with van der Waals surface area (Å²) in [5.74, 6) is 1.09. The zero-order valence-electron chi connectivity index (χ0n) is 77.2. The van der Waals surface area contributed by atoms with Crippen molar-refractivity contribution >= 4 is 68.4 Å². The molecule has 140 heavy (non-hydrogen) atoms. The topological polar surface area (TPSA) is 64.5 Å². The Morgan fingerprint density at radius 2 is 0.457 bits per heavy atom. The third kappa shape index (κ3) is 10.8. The van der Waals surface area contributed by atoms with Gasteiger partial charge in [-0.2, -0.15) is 0 Å². The average Bonchev–Trinajstić information content (AvgIpc) is 1.58. The van der Waals surface area contributed by atoms with Gasteiger partial charge < -0.3 is 14.7 Å². The van der Waals surface area contributed by atoms with Crippen LogP contribution >= 0.6 is 0 Å². The standard InChI is InChI=1S/4C33H22N2/c1-2-9-26-19(5-1)13-24-18-28-25(17-27(24)26)14-20-10-11-30-29(31(20)28)16-22-7-3-6-21-15-23-8-4-12-34-33(23)35(30)32(21)22;1-2-8-25-19(5-1)13-23-17-27-24(16-26(23)25)14-20-10-11-30-28(32(20)27)15-21-6-3-7-22-18-29-31(9-4-12-34-29)35(30)33(21)22;1-2-7-26-19(4-1)12-24-17-28-25(16-27(24)26)14-21-8-9-30-29(32(21)28)15-23-6-3-5-22-13-20-10-11-34-18-31(20)35(30)33(22)23;1-2-7-26-19(4-1)12-23-17-28-24(16-27(23)26)13-20-8-9-31-29(32(20)28)15-22-6-3-5-21-14-25-18-34-11-10-30(25)35(31)33(21)22/h1-12,17-18H,13-16H2;1-12,16-17H,13-15,18H2;2*1-11,16-18H,12-15H2. The van der Waals surface area contributed by atoms with E-state index in [1.54, 1.807) is 0 Å². The fraction of sp³-hybridized carbons (Fsp3) is 0.121. The number of para-hydroxylation sites is 4. The number of anilines is 12. The molecule has 0 atom stereocenters. The molecule has 656 valence electrons. The Kier molecular flexibility index (Phi) is 15.6. The number of rotatable bonds is 0. The van der Waals surface area contributed by atoms with Gasteiger partial charge in [0.25, 0.3) is 0 Å². The smallest absolute Gasteiger partial charge is 0.141 e. The number of pyridine rings is 4. The molecule has 20 aromatic rings. The van der Waals surface area contributed by atoms with Gasteiger partial charge in [0.1, 0.15) is 5.82 Å². The maximum atomic E-state index is 4.88. The second-order valence-electron chi connectivity index (χ2n) is 41.5. The molecular weight excluding hydrogens is 1700 g/mol. The molecule has 36 rings (SSSR count). The highest BCUT2D eigenvalue weighted by Crippen LogP contribution is 2.63. The average molecular weight is 1790 g/mol. The van der Waals surface area contributed by atoms with Crippen molar-refractivity contribution in [3.8, 4) is 89.0 Å². The number of nitrogens with zero attached hydrogens (tertiary/aromatic N) is 8. The van der Waals surface area contributed by atoms with E-state index in [1.165, 1.54) is 330 Å². The molecule has 0 N–H and O–H groups in total. The van der Waals surface area contributed by atoms with E-state index in [9.17, 15) is 0 Å². The second kappa shape index (κ2) is 28.5. The fourth-order valence-corrected chi connectivity index (χ4v) is 28.4. The van der Waals surface area contributed by atoms with Crippen LogP contribution in [0.4, 0.5) is 68.4 Å². The SMILES string of the molecule is c1ccc2c(c1)Cc1cc3c(cc1-2)Cc1ccc2c(c1-3)Cc1cccc3c1N2c1cccnc1C3.c1ccc2c(c1)Cc1cc3c(cc1-2)Cc1ccc2c(c1-3)Cc1cccc3c1N2c1ccncc1C3.c1ccc2c(c1)Cc1cc3c(cc1-2)Cc1ccc2c(c1-3)Cc1cccc3c1N2c1cnccc1C3.c1ccc2c(c1)Cc1cc3c(cc1-2)Cc1ccc2c(c1-3)Cc1cccc3c1N2c1ncccc1C3. The molecule has 16 aliphatic rings. The van der Waals surface area contributed by atoms with Crippen LogP contribution in [0.1, 0.15) is 178 Å². The van der Waals surface area contributed by atoms with Gasteiger partial charge in [0, 0.05) is 82.4 Å². The van der Waals surface area contributed by atoms with Crippen molar-refractivity contribution in [3.63, 3.8) is 0 Å². The van der Waals surface area contributed by atoms with Gasteiger partial charge in [-0.1, -0.05) is 200 Å². The summed E-state index contributed by atoms with van der Waals surface area (Å²) in [5, 5.41) is 0. The monoisotopic (exact) mass is 1780 g/mol. The largest absolute Gasteiger partial charge is 0.309 e. The second-order valence-corrected chi connectivity index (χ2v) is 41.5. The molecule has 8 aliphatic heterocycles. The van der Waals surface area contributed by atoms with Crippen LogP contribution in [-0.2, 0) is 103 Å². The first-order valence-electron chi connectivity index (χ1n) is 50.3. The van der Waals surface area contributed by atoms with Gasteiger partial charge in [-0.3, -0.25) is 19.9 Å². The summed E-state index contributed by atoms with van der Waals surface area (Å²) in [5.41, 5.74) is 83.5. The molecule has 0 amide bonds. The van der Waals surface area contributed by atoms with Crippen molar-refractivity contribution in [2.24, 2.45) is 0 Å². The molecule has 16 aromatic carbocycles. The number of fused-ring (bicyclic) bond motifs is 44. The van der Waals surface area contributed by atoms with Crippen LogP contribution in [0.5, 0.6) is 0 Å².